The van der Waals surface area contributed by atoms with E-state index < -0.39 is 0 Å². The van der Waals surface area contributed by atoms with Gasteiger partial charge in [0, 0.05) is 31.4 Å². The molecular weight excluding hydrogens is 250 g/mol. The number of hydrogen-bond acceptors (Lipinski definition) is 4. The Labute approximate surface area is 111 Å². The summed E-state index contributed by atoms with van der Waals surface area (Å²) in [5, 5.41) is 8.09. The van der Waals surface area contributed by atoms with Gasteiger partial charge in [-0.1, -0.05) is 18.5 Å². The SMILES string of the molecule is CCc1nn(C)cc1CNc1cc(Cl)nc(C)n1. The van der Waals surface area contributed by atoms with E-state index in [1.54, 1.807) is 6.07 Å². The molecule has 0 radical (unpaired) electrons. The fourth-order valence-corrected chi connectivity index (χ4v) is 2.06. The molecule has 0 saturated carbocycles. The Hall–Kier alpha value is -1.62. The molecule has 5 nitrogen and oxygen atoms in total. The molecule has 2 heterocycles. The van der Waals surface area contributed by atoms with E-state index in [-0.39, 0.29) is 0 Å². The smallest absolute Gasteiger partial charge is 0.134 e. The van der Waals surface area contributed by atoms with Gasteiger partial charge in [0.1, 0.15) is 16.8 Å². The molecule has 2 aromatic rings. The molecule has 6 heteroatoms. The normalized spacial score (nSPS) is 10.7. The average molecular weight is 266 g/mol. The quantitative estimate of drug-likeness (QED) is 0.862. The number of anilines is 1. The van der Waals surface area contributed by atoms with Crippen LogP contribution in [0.5, 0.6) is 0 Å². The van der Waals surface area contributed by atoms with Gasteiger partial charge in [-0.15, -0.1) is 0 Å². The Morgan fingerprint density at radius 2 is 2.17 bits per heavy atom. The maximum absolute atomic E-state index is 5.89. The molecule has 0 spiro atoms. The second-order valence-electron chi connectivity index (χ2n) is 4.10. The molecule has 2 rings (SSSR count). The molecule has 0 amide bonds. The summed E-state index contributed by atoms with van der Waals surface area (Å²) < 4.78 is 1.83. The van der Waals surface area contributed by atoms with Gasteiger partial charge in [-0.2, -0.15) is 5.10 Å². The van der Waals surface area contributed by atoms with Crippen molar-refractivity contribution < 1.29 is 0 Å². The van der Waals surface area contributed by atoms with Crippen LogP contribution >= 0.6 is 11.6 Å². The monoisotopic (exact) mass is 265 g/mol. The molecule has 0 bridgehead atoms. The lowest BCUT2D eigenvalue weighted by Crippen LogP contribution is -2.04. The molecule has 18 heavy (non-hydrogen) atoms. The van der Waals surface area contributed by atoms with Crippen LogP contribution in [-0.4, -0.2) is 19.7 Å². The van der Waals surface area contributed by atoms with Gasteiger partial charge in [0.25, 0.3) is 0 Å². The van der Waals surface area contributed by atoms with Crippen molar-refractivity contribution in [1.82, 2.24) is 19.7 Å². The summed E-state index contributed by atoms with van der Waals surface area (Å²) in [5.41, 5.74) is 2.27. The average Bonchev–Trinajstić information content (AvgIpc) is 2.66. The summed E-state index contributed by atoms with van der Waals surface area (Å²) in [6.45, 7) is 4.60. The van der Waals surface area contributed by atoms with Gasteiger partial charge in [-0.05, 0) is 13.3 Å². The molecule has 0 saturated heterocycles. The van der Waals surface area contributed by atoms with E-state index in [0.29, 0.717) is 17.5 Å². The minimum Gasteiger partial charge on any atom is -0.366 e. The minimum absolute atomic E-state index is 0.451. The number of halogens is 1. The van der Waals surface area contributed by atoms with Crippen LogP contribution in [0.3, 0.4) is 0 Å². The maximum Gasteiger partial charge on any atom is 0.134 e. The second kappa shape index (κ2) is 5.35. The lowest BCUT2D eigenvalue weighted by molar-refractivity contribution is 0.746. The highest BCUT2D eigenvalue weighted by Crippen LogP contribution is 2.14. The van der Waals surface area contributed by atoms with E-state index in [2.05, 4.69) is 27.3 Å². The zero-order chi connectivity index (χ0) is 13.1. The number of aromatic nitrogens is 4. The Bertz CT molecular complexity index is 529. The van der Waals surface area contributed by atoms with Crippen molar-refractivity contribution in [3.05, 3.63) is 34.5 Å². The van der Waals surface area contributed by atoms with Gasteiger partial charge in [-0.3, -0.25) is 4.68 Å². The summed E-state index contributed by atoms with van der Waals surface area (Å²) in [6.07, 6.45) is 2.93. The van der Waals surface area contributed by atoms with Crippen LogP contribution in [0, 0.1) is 6.92 Å². The summed E-state index contributed by atoms with van der Waals surface area (Å²) in [5.74, 6) is 1.39. The molecular formula is C12H16ClN5. The fourth-order valence-electron chi connectivity index (χ4n) is 1.84. The number of aryl methyl sites for hydroxylation is 3. The first-order valence-corrected chi connectivity index (χ1v) is 6.22. The van der Waals surface area contributed by atoms with Crippen LogP contribution in [-0.2, 0) is 20.0 Å². The Morgan fingerprint density at radius 3 is 2.83 bits per heavy atom. The van der Waals surface area contributed by atoms with Crippen molar-refractivity contribution in [3.8, 4) is 0 Å². The highest BCUT2D eigenvalue weighted by atomic mass is 35.5. The standard InChI is InChI=1S/C12H16ClN5/c1-4-10-9(7-18(3)17-10)6-14-12-5-11(13)15-8(2)16-12/h5,7H,4,6H2,1-3H3,(H,14,15,16). The van der Waals surface area contributed by atoms with E-state index in [9.17, 15) is 0 Å². The third-order valence-electron chi connectivity index (χ3n) is 2.59. The van der Waals surface area contributed by atoms with Crippen molar-refractivity contribution >= 4 is 17.4 Å². The lowest BCUT2D eigenvalue weighted by Gasteiger charge is -2.06. The molecule has 0 aliphatic heterocycles. The zero-order valence-corrected chi connectivity index (χ0v) is 11.5. The van der Waals surface area contributed by atoms with E-state index in [4.69, 9.17) is 11.6 Å². The van der Waals surface area contributed by atoms with E-state index in [1.807, 2.05) is 24.9 Å². The zero-order valence-electron chi connectivity index (χ0n) is 10.7. The van der Waals surface area contributed by atoms with E-state index >= 15 is 0 Å². The van der Waals surface area contributed by atoms with Crippen molar-refractivity contribution in [1.29, 1.82) is 0 Å². The summed E-state index contributed by atoms with van der Waals surface area (Å²) in [6, 6.07) is 1.72. The molecule has 1 N–H and O–H groups in total. The predicted octanol–water partition coefficient (Wildman–Crippen LogP) is 2.35. The Balaban J connectivity index is 2.11. The number of rotatable bonds is 4. The van der Waals surface area contributed by atoms with Crippen LogP contribution < -0.4 is 5.32 Å². The van der Waals surface area contributed by atoms with Crippen molar-refractivity contribution in [2.75, 3.05) is 5.32 Å². The first-order valence-electron chi connectivity index (χ1n) is 5.85. The fraction of sp³-hybridized carbons (Fsp3) is 0.417. The van der Waals surface area contributed by atoms with Crippen LogP contribution in [0.15, 0.2) is 12.3 Å². The lowest BCUT2D eigenvalue weighted by atomic mass is 10.2. The molecule has 0 aromatic carbocycles. The van der Waals surface area contributed by atoms with Gasteiger partial charge in [0.2, 0.25) is 0 Å². The molecule has 0 atom stereocenters. The summed E-state index contributed by atoms with van der Waals surface area (Å²) >= 11 is 5.89. The molecule has 0 unspecified atom stereocenters. The topological polar surface area (TPSA) is 55.6 Å². The van der Waals surface area contributed by atoms with Crippen molar-refractivity contribution in [3.63, 3.8) is 0 Å². The third kappa shape index (κ3) is 2.98. The van der Waals surface area contributed by atoms with Gasteiger partial charge >= 0.3 is 0 Å². The van der Waals surface area contributed by atoms with Crippen molar-refractivity contribution in [2.24, 2.45) is 7.05 Å². The molecule has 0 aliphatic carbocycles. The summed E-state index contributed by atoms with van der Waals surface area (Å²) in [7, 11) is 1.92. The maximum atomic E-state index is 5.89. The van der Waals surface area contributed by atoms with Crippen LogP contribution in [0.4, 0.5) is 5.82 Å². The van der Waals surface area contributed by atoms with Crippen molar-refractivity contribution in [2.45, 2.75) is 26.8 Å². The predicted molar refractivity (Wildman–Crippen MR) is 71.7 cm³/mol. The third-order valence-corrected chi connectivity index (χ3v) is 2.79. The van der Waals surface area contributed by atoms with E-state index in [0.717, 1.165) is 17.9 Å². The van der Waals surface area contributed by atoms with Crippen LogP contribution in [0.25, 0.3) is 0 Å². The molecule has 0 aliphatic rings. The number of hydrogen-bond donors (Lipinski definition) is 1. The largest absolute Gasteiger partial charge is 0.366 e. The van der Waals surface area contributed by atoms with E-state index in [1.165, 1.54) is 5.56 Å². The highest BCUT2D eigenvalue weighted by Gasteiger charge is 2.06. The number of nitrogens with zero attached hydrogens (tertiary/aromatic N) is 4. The van der Waals surface area contributed by atoms with Crippen LogP contribution in [0.2, 0.25) is 5.15 Å². The van der Waals surface area contributed by atoms with Gasteiger partial charge in [-0.25, -0.2) is 9.97 Å². The molecule has 2 aromatic heterocycles. The van der Waals surface area contributed by atoms with Crippen LogP contribution in [0.1, 0.15) is 24.0 Å². The first kappa shape index (κ1) is 12.8. The molecule has 96 valence electrons. The molecule has 0 fully saturated rings. The number of nitrogens with one attached hydrogen (secondary N) is 1. The van der Waals surface area contributed by atoms with Gasteiger partial charge in [0.05, 0.1) is 5.69 Å². The first-order chi connectivity index (χ1) is 8.58. The Kier molecular flexibility index (Phi) is 3.81. The Morgan fingerprint density at radius 1 is 1.39 bits per heavy atom. The summed E-state index contributed by atoms with van der Waals surface area (Å²) in [4.78, 5) is 8.30. The van der Waals surface area contributed by atoms with Gasteiger partial charge in [0.15, 0.2) is 0 Å². The second-order valence-corrected chi connectivity index (χ2v) is 4.49. The minimum atomic E-state index is 0.451. The highest BCUT2D eigenvalue weighted by molar-refractivity contribution is 6.29. The van der Waals surface area contributed by atoms with Gasteiger partial charge < -0.3 is 5.32 Å².